The van der Waals surface area contributed by atoms with Crippen LogP contribution in [0.25, 0.3) is 0 Å². The van der Waals surface area contributed by atoms with E-state index >= 15 is 0 Å². The summed E-state index contributed by atoms with van der Waals surface area (Å²) in [4.78, 5) is 49.0. The van der Waals surface area contributed by atoms with Crippen LogP contribution in [0, 0.1) is 11.8 Å². The van der Waals surface area contributed by atoms with Crippen molar-refractivity contribution < 1.29 is 9.59 Å². The lowest BCUT2D eigenvalue weighted by atomic mass is 9.83. The van der Waals surface area contributed by atoms with Crippen LogP contribution in [-0.4, -0.2) is 57.8 Å². The number of hydrogen-bond donors (Lipinski definition) is 1. The fraction of sp³-hybridized carbons (Fsp3) is 0.739. The SMILES string of the molecule is CC(C)C(=O)N1CCC(c2nc([C@@H]3CCCN(C(=O)C4CCC4)C3)cc(=O)[nH]2)CC1. The lowest BCUT2D eigenvalue weighted by Gasteiger charge is -2.37. The molecule has 2 aliphatic heterocycles. The number of likely N-dealkylation sites (tertiary alicyclic amines) is 2. The number of hydrogen-bond acceptors (Lipinski definition) is 4. The first-order valence-electron chi connectivity index (χ1n) is 11.6. The van der Waals surface area contributed by atoms with E-state index < -0.39 is 0 Å². The normalized spacial score (nSPS) is 23.5. The van der Waals surface area contributed by atoms with Crippen molar-refractivity contribution in [2.75, 3.05) is 26.2 Å². The molecule has 7 heteroatoms. The predicted molar refractivity (Wildman–Crippen MR) is 114 cm³/mol. The molecule has 0 spiro atoms. The van der Waals surface area contributed by atoms with Gasteiger partial charge in [-0.2, -0.15) is 0 Å². The first kappa shape index (κ1) is 21.1. The quantitative estimate of drug-likeness (QED) is 0.821. The Balaban J connectivity index is 1.44. The standard InChI is InChI=1S/C23H34N4O3/c1-15(2)22(29)26-11-8-16(9-12-26)21-24-19(13-20(28)25-21)18-7-4-10-27(14-18)23(30)17-5-3-6-17/h13,15-18H,3-12,14H2,1-2H3,(H,24,25,28)/t18-/m1/s1. The molecule has 7 nitrogen and oxygen atoms in total. The van der Waals surface area contributed by atoms with Crippen molar-refractivity contribution in [2.45, 2.75) is 70.6 Å². The van der Waals surface area contributed by atoms with Crippen LogP contribution in [0.15, 0.2) is 10.9 Å². The van der Waals surface area contributed by atoms with Gasteiger partial charge in [0.15, 0.2) is 0 Å². The smallest absolute Gasteiger partial charge is 0.251 e. The van der Waals surface area contributed by atoms with Crippen LogP contribution in [0.4, 0.5) is 0 Å². The van der Waals surface area contributed by atoms with Gasteiger partial charge >= 0.3 is 0 Å². The maximum atomic E-state index is 12.7. The Morgan fingerprint density at radius 2 is 1.73 bits per heavy atom. The van der Waals surface area contributed by atoms with Crippen molar-refractivity contribution >= 4 is 11.8 Å². The number of carbonyl (C=O) groups is 2. The van der Waals surface area contributed by atoms with Crippen LogP contribution in [-0.2, 0) is 9.59 Å². The van der Waals surface area contributed by atoms with Gasteiger partial charge < -0.3 is 14.8 Å². The van der Waals surface area contributed by atoms with Crippen LogP contribution in [0.1, 0.15) is 82.1 Å². The van der Waals surface area contributed by atoms with E-state index in [0.717, 1.165) is 63.0 Å². The molecule has 1 aliphatic carbocycles. The number of nitrogens with zero attached hydrogens (tertiary/aromatic N) is 3. The molecule has 0 unspecified atom stereocenters. The lowest BCUT2D eigenvalue weighted by Crippen LogP contribution is -2.44. The third kappa shape index (κ3) is 4.44. The van der Waals surface area contributed by atoms with Crippen LogP contribution in [0.3, 0.4) is 0 Å². The molecule has 3 aliphatic rings. The molecule has 164 valence electrons. The molecule has 1 aromatic heterocycles. The minimum absolute atomic E-state index is 0.0136. The second kappa shape index (κ2) is 8.90. The Hall–Kier alpha value is -2.18. The molecule has 2 amide bonds. The zero-order chi connectivity index (χ0) is 21.3. The molecule has 0 aromatic carbocycles. The summed E-state index contributed by atoms with van der Waals surface area (Å²) in [5.74, 6) is 1.76. The van der Waals surface area contributed by atoms with Crippen molar-refractivity contribution in [3.05, 3.63) is 27.9 Å². The van der Waals surface area contributed by atoms with Crippen molar-refractivity contribution in [3.63, 3.8) is 0 Å². The van der Waals surface area contributed by atoms with Gasteiger partial charge in [0.05, 0.1) is 5.69 Å². The minimum Gasteiger partial charge on any atom is -0.342 e. The van der Waals surface area contributed by atoms with Crippen LogP contribution < -0.4 is 5.56 Å². The van der Waals surface area contributed by atoms with Crippen molar-refractivity contribution in [1.29, 1.82) is 0 Å². The molecule has 1 N–H and O–H groups in total. The zero-order valence-electron chi connectivity index (χ0n) is 18.2. The van der Waals surface area contributed by atoms with Gasteiger partial charge in [-0.3, -0.25) is 14.4 Å². The summed E-state index contributed by atoms with van der Waals surface area (Å²) in [5, 5.41) is 0. The average molecular weight is 415 g/mol. The Labute approximate surface area is 178 Å². The molecule has 3 fully saturated rings. The number of amides is 2. The fourth-order valence-electron chi connectivity index (χ4n) is 4.97. The second-order valence-electron chi connectivity index (χ2n) is 9.56. The molecular formula is C23H34N4O3. The number of piperidine rings is 2. The highest BCUT2D eigenvalue weighted by molar-refractivity contribution is 5.79. The summed E-state index contributed by atoms with van der Waals surface area (Å²) in [7, 11) is 0. The van der Waals surface area contributed by atoms with E-state index in [1.54, 1.807) is 6.07 Å². The number of rotatable bonds is 4. The van der Waals surface area contributed by atoms with E-state index in [-0.39, 0.29) is 35.1 Å². The molecule has 3 heterocycles. The molecular weight excluding hydrogens is 380 g/mol. The number of carbonyl (C=O) groups excluding carboxylic acids is 2. The third-order valence-electron chi connectivity index (χ3n) is 7.07. The zero-order valence-corrected chi connectivity index (χ0v) is 18.2. The first-order chi connectivity index (χ1) is 14.4. The summed E-state index contributed by atoms with van der Waals surface area (Å²) >= 11 is 0. The molecule has 1 saturated carbocycles. The number of aromatic nitrogens is 2. The summed E-state index contributed by atoms with van der Waals surface area (Å²) in [6.45, 7) is 6.78. The van der Waals surface area contributed by atoms with Gasteiger partial charge in [-0.05, 0) is 38.5 Å². The van der Waals surface area contributed by atoms with Crippen LogP contribution in [0.5, 0.6) is 0 Å². The van der Waals surface area contributed by atoms with Crippen LogP contribution >= 0.6 is 0 Å². The first-order valence-corrected chi connectivity index (χ1v) is 11.6. The Bertz CT molecular complexity index is 837. The van der Waals surface area contributed by atoms with Gasteiger partial charge in [-0.25, -0.2) is 4.98 Å². The molecule has 4 rings (SSSR count). The summed E-state index contributed by atoms with van der Waals surface area (Å²) in [6, 6.07) is 1.61. The van der Waals surface area contributed by atoms with E-state index in [0.29, 0.717) is 25.5 Å². The van der Waals surface area contributed by atoms with Gasteiger partial charge in [-0.15, -0.1) is 0 Å². The lowest BCUT2D eigenvalue weighted by molar-refractivity contribution is -0.139. The van der Waals surface area contributed by atoms with Crippen LogP contribution in [0.2, 0.25) is 0 Å². The van der Waals surface area contributed by atoms with Gasteiger partial charge in [0, 0.05) is 55.9 Å². The maximum Gasteiger partial charge on any atom is 0.251 e. The van der Waals surface area contributed by atoms with E-state index in [2.05, 4.69) is 4.98 Å². The highest BCUT2D eigenvalue weighted by atomic mass is 16.2. The predicted octanol–water partition coefficient (Wildman–Crippen LogP) is 2.64. The Morgan fingerprint density at radius 3 is 2.37 bits per heavy atom. The van der Waals surface area contributed by atoms with Gasteiger partial charge in [0.2, 0.25) is 11.8 Å². The summed E-state index contributed by atoms with van der Waals surface area (Å²) in [5.41, 5.74) is 0.707. The van der Waals surface area contributed by atoms with Gasteiger partial charge in [0.1, 0.15) is 5.82 Å². The van der Waals surface area contributed by atoms with Crippen molar-refractivity contribution in [3.8, 4) is 0 Å². The molecule has 2 saturated heterocycles. The molecule has 0 radical (unpaired) electrons. The molecule has 1 aromatic rings. The molecule has 1 atom stereocenters. The molecule has 30 heavy (non-hydrogen) atoms. The fourth-order valence-corrected chi connectivity index (χ4v) is 4.97. The highest BCUT2D eigenvalue weighted by Crippen LogP contribution is 2.33. The largest absolute Gasteiger partial charge is 0.342 e. The summed E-state index contributed by atoms with van der Waals surface area (Å²) < 4.78 is 0. The topological polar surface area (TPSA) is 86.4 Å². The van der Waals surface area contributed by atoms with Crippen molar-refractivity contribution in [1.82, 2.24) is 19.8 Å². The number of nitrogens with one attached hydrogen (secondary N) is 1. The monoisotopic (exact) mass is 414 g/mol. The summed E-state index contributed by atoms with van der Waals surface area (Å²) in [6.07, 6.45) is 6.77. The van der Waals surface area contributed by atoms with E-state index in [9.17, 15) is 14.4 Å². The maximum absolute atomic E-state index is 12.7. The Morgan fingerprint density at radius 1 is 1.00 bits per heavy atom. The average Bonchev–Trinajstić information content (AvgIpc) is 2.71. The van der Waals surface area contributed by atoms with Gasteiger partial charge in [-0.1, -0.05) is 20.3 Å². The minimum atomic E-state index is -0.113. The highest BCUT2D eigenvalue weighted by Gasteiger charge is 2.33. The Kier molecular flexibility index (Phi) is 6.25. The molecule has 0 bridgehead atoms. The second-order valence-corrected chi connectivity index (χ2v) is 9.56. The third-order valence-corrected chi connectivity index (χ3v) is 7.07. The number of aromatic amines is 1. The van der Waals surface area contributed by atoms with Crippen molar-refractivity contribution in [2.24, 2.45) is 11.8 Å². The van der Waals surface area contributed by atoms with E-state index in [1.165, 1.54) is 0 Å². The number of H-pyrrole nitrogens is 1. The van der Waals surface area contributed by atoms with Gasteiger partial charge in [0.25, 0.3) is 5.56 Å². The van der Waals surface area contributed by atoms with E-state index in [4.69, 9.17) is 4.98 Å². The van der Waals surface area contributed by atoms with E-state index in [1.807, 2.05) is 23.6 Å².